The van der Waals surface area contributed by atoms with E-state index >= 15 is 0 Å². The maximum absolute atomic E-state index is 14.4. The lowest BCUT2D eigenvalue weighted by molar-refractivity contribution is 0.0912. The van der Waals surface area contributed by atoms with Crippen molar-refractivity contribution < 1.29 is 13.6 Å². The van der Waals surface area contributed by atoms with Gasteiger partial charge in [-0.3, -0.25) is 4.79 Å². The van der Waals surface area contributed by atoms with Crippen molar-refractivity contribution in [1.82, 2.24) is 15.1 Å². The number of hydrogen-bond donors (Lipinski definition) is 1. The average molecular weight is 359 g/mol. The predicted molar refractivity (Wildman–Crippen MR) is 94.6 cm³/mol. The number of hydrogen-bond acceptors (Lipinski definition) is 2. The van der Waals surface area contributed by atoms with Crippen LogP contribution in [0.4, 0.5) is 8.78 Å². The lowest BCUT2D eigenvalue weighted by Gasteiger charge is -2.22. The van der Waals surface area contributed by atoms with Gasteiger partial charge in [0.1, 0.15) is 11.5 Å². The summed E-state index contributed by atoms with van der Waals surface area (Å²) >= 11 is 0. The van der Waals surface area contributed by atoms with Crippen molar-refractivity contribution in [2.45, 2.75) is 63.8 Å². The standard InChI is InChI=1S/C20H23F2N3O/c1-20(2,3)23-19(26)17-16-11-5-4-6-12(9-11)18(16)25(24-17)15-8-7-13(21)10-14(15)22/h7-8,10-12H,4-6,9H2,1-3H3,(H,23,26). The molecule has 26 heavy (non-hydrogen) atoms. The second kappa shape index (κ2) is 5.89. The van der Waals surface area contributed by atoms with Gasteiger partial charge in [0, 0.05) is 23.1 Å². The number of carbonyl (C=O) groups excluding carboxylic acids is 1. The molecule has 2 unspecified atom stereocenters. The largest absolute Gasteiger partial charge is 0.346 e. The van der Waals surface area contributed by atoms with Gasteiger partial charge in [0.05, 0.1) is 5.69 Å². The van der Waals surface area contributed by atoms with Crippen LogP contribution in [0.25, 0.3) is 5.69 Å². The van der Waals surface area contributed by atoms with Crippen molar-refractivity contribution in [2.75, 3.05) is 0 Å². The quantitative estimate of drug-likeness (QED) is 0.862. The molecule has 2 atom stereocenters. The van der Waals surface area contributed by atoms with Gasteiger partial charge in [0.15, 0.2) is 11.5 Å². The molecule has 1 aromatic heterocycles. The summed E-state index contributed by atoms with van der Waals surface area (Å²) < 4.78 is 29.3. The minimum atomic E-state index is -0.667. The van der Waals surface area contributed by atoms with E-state index in [2.05, 4.69) is 10.4 Å². The molecule has 2 aliphatic carbocycles. The topological polar surface area (TPSA) is 46.9 Å². The Hall–Kier alpha value is -2.24. The summed E-state index contributed by atoms with van der Waals surface area (Å²) in [6.45, 7) is 5.75. The Labute approximate surface area is 151 Å². The van der Waals surface area contributed by atoms with E-state index in [1.54, 1.807) is 0 Å². The zero-order chi connectivity index (χ0) is 18.6. The molecule has 1 saturated carbocycles. The van der Waals surface area contributed by atoms with E-state index in [-0.39, 0.29) is 23.1 Å². The van der Waals surface area contributed by atoms with Crippen molar-refractivity contribution in [3.63, 3.8) is 0 Å². The third kappa shape index (κ3) is 2.81. The average Bonchev–Trinajstić information content (AvgIpc) is 3.04. The molecule has 1 heterocycles. The highest BCUT2D eigenvalue weighted by molar-refractivity contribution is 5.95. The monoisotopic (exact) mass is 359 g/mol. The molecule has 2 aliphatic rings. The highest BCUT2D eigenvalue weighted by atomic mass is 19.1. The van der Waals surface area contributed by atoms with E-state index < -0.39 is 11.6 Å². The molecule has 1 fully saturated rings. The zero-order valence-electron chi connectivity index (χ0n) is 15.3. The number of amides is 1. The van der Waals surface area contributed by atoms with Crippen LogP contribution in [-0.4, -0.2) is 21.2 Å². The van der Waals surface area contributed by atoms with Crippen LogP contribution < -0.4 is 5.32 Å². The molecular weight excluding hydrogens is 336 g/mol. The fraction of sp³-hybridized carbons (Fsp3) is 0.500. The maximum atomic E-state index is 14.4. The van der Waals surface area contributed by atoms with E-state index in [0.29, 0.717) is 11.6 Å². The van der Waals surface area contributed by atoms with E-state index in [0.717, 1.165) is 43.0 Å². The van der Waals surface area contributed by atoms with Gasteiger partial charge >= 0.3 is 0 Å². The van der Waals surface area contributed by atoms with E-state index in [1.165, 1.54) is 16.8 Å². The van der Waals surface area contributed by atoms with Gasteiger partial charge in [0.2, 0.25) is 0 Å². The summed E-state index contributed by atoms with van der Waals surface area (Å²) in [7, 11) is 0. The van der Waals surface area contributed by atoms with Crippen LogP contribution in [0.2, 0.25) is 0 Å². The first-order valence-electron chi connectivity index (χ1n) is 9.15. The van der Waals surface area contributed by atoms with Crippen LogP contribution >= 0.6 is 0 Å². The summed E-state index contributed by atoms with van der Waals surface area (Å²) in [6.07, 6.45) is 4.11. The van der Waals surface area contributed by atoms with Crippen LogP contribution in [0, 0.1) is 11.6 Å². The zero-order valence-corrected chi connectivity index (χ0v) is 15.3. The minimum Gasteiger partial charge on any atom is -0.346 e. The highest BCUT2D eigenvalue weighted by Crippen LogP contribution is 2.52. The van der Waals surface area contributed by atoms with Gasteiger partial charge < -0.3 is 5.32 Å². The van der Waals surface area contributed by atoms with Gasteiger partial charge in [-0.05, 0) is 58.1 Å². The van der Waals surface area contributed by atoms with Gasteiger partial charge in [-0.1, -0.05) is 6.42 Å². The van der Waals surface area contributed by atoms with E-state index in [9.17, 15) is 13.6 Å². The summed E-state index contributed by atoms with van der Waals surface area (Å²) in [5.41, 5.74) is 2.08. The predicted octanol–water partition coefficient (Wildman–Crippen LogP) is 4.43. The first-order valence-corrected chi connectivity index (χ1v) is 9.15. The Kier molecular flexibility index (Phi) is 3.90. The molecule has 1 N–H and O–H groups in total. The Morgan fingerprint density at radius 2 is 1.96 bits per heavy atom. The molecule has 0 aliphatic heterocycles. The summed E-state index contributed by atoms with van der Waals surface area (Å²) in [5.74, 6) is -0.958. The van der Waals surface area contributed by atoms with Crippen molar-refractivity contribution in [3.05, 3.63) is 46.8 Å². The lowest BCUT2D eigenvalue weighted by Crippen LogP contribution is -2.41. The van der Waals surface area contributed by atoms with Crippen LogP contribution in [0.5, 0.6) is 0 Å². The van der Waals surface area contributed by atoms with Crippen molar-refractivity contribution in [3.8, 4) is 5.69 Å². The first-order chi connectivity index (χ1) is 12.2. The molecule has 1 amide bonds. The summed E-state index contributed by atoms with van der Waals surface area (Å²) in [5, 5.41) is 7.47. The normalized spacial score (nSPS) is 21.6. The van der Waals surface area contributed by atoms with Gasteiger partial charge in [-0.15, -0.1) is 0 Å². The van der Waals surface area contributed by atoms with E-state index in [4.69, 9.17) is 0 Å². The third-order valence-corrected chi connectivity index (χ3v) is 5.27. The van der Waals surface area contributed by atoms with E-state index in [1.807, 2.05) is 20.8 Å². The fourth-order valence-corrected chi connectivity index (χ4v) is 4.34. The van der Waals surface area contributed by atoms with Crippen molar-refractivity contribution >= 4 is 5.91 Å². The smallest absolute Gasteiger partial charge is 0.272 e. The van der Waals surface area contributed by atoms with Gasteiger partial charge in [-0.25, -0.2) is 13.5 Å². The number of fused-ring (bicyclic) bond motifs is 5. The summed E-state index contributed by atoms with van der Waals surface area (Å²) in [6, 6.07) is 3.48. The second-order valence-corrected chi connectivity index (χ2v) is 8.42. The van der Waals surface area contributed by atoms with Crippen molar-refractivity contribution in [2.24, 2.45) is 0 Å². The van der Waals surface area contributed by atoms with Gasteiger partial charge in [0.25, 0.3) is 5.91 Å². The Bertz CT molecular complexity index is 882. The fourth-order valence-electron chi connectivity index (χ4n) is 4.34. The summed E-state index contributed by atoms with van der Waals surface area (Å²) in [4.78, 5) is 12.9. The molecular formula is C20H23F2N3O. The molecule has 0 radical (unpaired) electrons. The van der Waals surface area contributed by atoms with Gasteiger partial charge in [-0.2, -0.15) is 5.10 Å². The third-order valence-electron chi connectivity index (χ3n) is 5.27. The molecule has 1 aromatic carbocycles. The molecule has 4 nitrogen and oxygen atoms in total. The Morgan fingerprint density at radius 3 is 2.65 bits per heavy atom. The molecule has 4 rings (SSSR count). The number of rotatable bonds is 2. The van der Waals surface area contributed by atoms with Crippen LogP contribution in [0.3, 0.4) is 0 Å². The lowest BCUT2D eigenvalue weighted by atomic mass is 9.87. The first kappa shape index (κ1) is 17.2. The number of nitrogens with one attached hydrogen (secondary N) is 1. The number of carbonyl (C=O) groups is 1. The van der Waals surface area contributed by atoms with Crippen LogP contribution in [-0.2, 0) is 0 Å². The maximum Gasteiger partial charge on any atom is 0.272 e. The Balaban J connectivity index is 1.87. The van der Waals surface area contributed by atoms with Crippen molar-refractivity contribution in [1.29, 1.82) is 0 Å². The molecule has 2 bridgehead atoms. The Morgan fingerprint density at radius 1 is 1.23 bits per heavy atom. The SMILES string of the molecule is CC(C)(C)NC(=O)c1nn(-c2ccc(F)cc2F)c2c1C1CCCC2C1. The molecule has 0 spiro atoms. The molecule has 2 aromatic rings. The number of halogens is 2. The number of aromatic nitrogens is 2. The number of benzene rings is 1. The number of nitrogens with zero attached hydrogens (tertiary/aromatic N) is 2. The molecule has 6 heteroatoms. The molecule has 0 saturated heterocycles. The van der Waals surface area contributed by atoms with Crippen LogP contribution in [0.15, 0.2) is 18.2 Å². The van der Waals surface area contributed by atoms with Crippen LogP contribution in [0.1, 0.15) is 80.0 Å². The highest BCUT2D eigenvalue weighted by Gasteiger charge is 2.42. The second-order valence-electron chi connectivity index (χ2n) is 8.42. The minimum absolute atomic E-state index is 0.199. The molecule has 138 valence electrons.